The monoisotopic (exact) mass is 650 g/mol. The first-order chi connectivity index (χ1) is 24.0. The molecule has 1 aliphatic carbocycles. The third-order valence-corrected chi connectivity index (χ3v) is 9.89. The largest absolute Gasteiger partial charge is 0.494 e. The van der Waals surface area contributed by atoms with Crippen LogP contribution in [0.4, 0.5) is 0 Å². The van der Waals surface area contributed by atoms with Crippen molar-refractivity contribution in [2.75, 3.05) is 6.61 Å². The number of hydrogen-bond acceptors (Lipinski definition) is 4. The smallest absolute Gasteiger partial charge is 0.120 e. The van der Waals surface area contributed by atoms with Gasteiger partial charge in [0.1, 0.15) is 30.5 Å². The van der Waals surface area contributed by atoms with E-state index in [1.54, 1.807) is 0 Å². The van der Waals surface area contributed by atoms with Crippen molar-refractivity contribution in [3.05, 3.63) is 150 Å². The Morgan fingerprint density at radius 2 is 1.18 bits per heavy atom. The van der Waals surface area contributed by atoms with Gasteiger partial charge >= 0.3 is 0 Å². The Bertz CT molecular complexity index is 1940. The highest BCUT2D eigenvalue weighted by Crippen LogP contribution is 2.37. The van der Waals surface area contributed by atoms with Gasteiger partial charge in [0.15, 0.2) is 0 Å². The second-order valence-corrected chi connectivity index (χ2v) is 13.5. The second-order valence-electron chi connectivity index (χ2n) is 13.5. The van der Waals surface area contributed by atoms with E-state index in [1.165, 1.54) is 47.0 Å². The molecule has 0 aliphatic heterocycles. The summed E-state index contributed by atoms with van der Waals surface area (Å²) in [6, 6.07) is 44.0. The predicted molar refractivity (Wildman–Crippen MR) is 199 cm³/mol. The first kappa shape index (κ1) is 32.5. The number of nitrogens with two attached hydrogens (primary N) is 1. The lowest BCUT2D eigenvalue weighted by atomic mass is 9.80. The topological polar surface area (TPSA) is 58.6 Å². The van der Waals surface area contributed by atoms with E-state index in [2.05, 4.69) is 102 Å². The molecule has 1 aromatic heterocycles. The fourth-order valence-corrected chi connectivity index (χ4v) is 7.07. The minimum Gasteiger partial charge on any atom is -0.494 e. The maximum absolute atomic E-state index is 6.65. The van der Waals surface area contributed by atoms with Crippen LogP contribution >= 0.6 is 0 Å². The molecule has 1 aliphatic rings. The van der Waals surface area contributed by atoms with E-state index in [-0.39, 0.29) is 5.54 Å². The quantitative estimate of drug-likeness (QED) is 0.135. The maximum atomic E-state index is 6.65. The van der Waals surface area contributed by atoms with Gasteiger partial charge in [0.05, 0.1) is 12.3 Å². The molecule has 250 valence electrons. The van der Waals surface area contributed by atoms with Crippen molar-refractivity contribution >= 4 is 10.9 Å². The molecule has 0 unspecified atom stereocenters. The number of fused-ring (bicyclic) bond motifs is 1. The molecule has 0 spiro atoms. The fraction of sp³-hybridized carbons (Fsp3) is 0.273. The van der Waals surface area contributed by atoms with Crippen LogP contribution in [0.3, 0.4) is 0 Å². The molecule has 5 nitrogen and oxygen atoms in total. The minimum absolute atomic E-state index is 0.0688. The highest BCUT2D eigenvalue weighted by molar-refractivity contribution is 5.92. The highest BCUT2D eigenvalue weighted by Gasteiger charge is 2.27. The lowest BCUT2D eigenvalue weighted by Gasteiger charge is -2.33. The van der Waals surface area contributed by atoms with Crippen molar-refractivity contribution in [3.8, 4) is 28.5 Å². The lowest BCUT2D eigenvalue weighted by Crippen LogP contribution is -2.42. The molecule has 0 saturated heterocycles. The average Bonchev–Trinajstić information content (AvgIpc) is 3.41. The molecule has 49 heavy (non-hydrogen) atoms. The molecule has 0 bridgehead atoms. The number of hydrogen-bond donors (Lipinski definition) is 1. The molecule has 5 aromatic carbocycles. The molecule has 2 N–H and O–H groups in total. The summed E-state index contributed by atoms with van der Waals surface area (Å²) in [5.74, 6) is 2.61. The number of nitrogens with zero attached hydrogens (tertiary/aromatic N) is 1. The summed E-state index contributed by atoms with van der Waals surface area (Å²) < 4.78 is 20.9. The van der Waals surface area contributed by atoms with Gasteiger partial charge in [-0.2, -0.15) is 0 Å². The van der Waals surface area contributed by atoms with E-state index in [4.69, 9.17) is 19.9 Å². The molecular formula is C44H46N2O3. The van der Waals surface area contributed by atoms with Crippen molar-refractivity contribution < 1.29 is 14.2 Å². The Balaban J connectivity index is 1.13. The van der Waals surface area contributed by atoms with Crippen molar-refractivity contribution in [3.63, 3.8) is 0 Å². The Labute approximate surface area is 290 Å². The van der Waals surface area contributed by atoms with Gasteiger partial charge in [-0.05, 0) is 109 Å². The zero-order valence-corrected chi connectivity index (χ0v) is 28.4. The van der Waals surface area contributed by atoms with Crippen LogP contribution in [0.25, 0.3) is 22.2 Å². The minimum atomic E-state index is -0.0688. The van der Waals surface area contributed by atoms with Gasteiger partial charge in [0, 0.05) is 23.0 Å². The van der Waals surface area contributed by atoms with Crippen LogP contribution in [0, 0.1) is 6.92 Å². The summed E-state index contributed by atoms with van der Waals surface area (Å²) in [5.41, 5.74) is 14.8. The van der Waals surface area contributed by atoms with E-state index < -0.39 is 0 Å². The molecule has 1 heterocycles. The van der Waals surface area contributed by atoms with Crippen LogP contribution in [0.1, 0.15) is 60.8 Å². The van der Waals surface area contributed by atoms with Gasteiger partial charge in [-0.15, -0.1) is 0 Å². The van der Waals surface area contributed by atoms with E-state index >= 15 is 0 Å². The predicted octanol–water partition coefficient (Wildman–Crippen LogP) is 10.3. The van der Waals surface area contributed by atoms with Crippen LogP contribution in [-0.2, 0) is 19.8 Å². The van der Waals surface area contributed by atoms with Gasteiger partial charge in [-0.25, -0.2) is 0 Å². The number of benzene rings is 5. The van der Waals surface area contributed by atoms with Gasteiger partial charge < -0.3 is 24.5 Å². The van der Waals surface area contributed by atoms with E-state index in [0.29, 0.717) is 19.8 Å². The van der Waals surface area contributed by atoms with Gasteiger partial charge in [0.2, 0.25) is 0 Å². The average molecular weight is 651 g/mol. The molecule has 6 aromatic rings. The first-order valence-corrected chi connectivity index (χ1v) is 17.6. The van der Waals surface area contributed by atoms with E-state index in [1.807, 2.05) is 36.4 Å². The summed E-state index contributed by atoms with van der Waals surface area (Å²) in [7, 11) is 0. The summed E-state index contributed by atoms with van der Waals surface area (Å²) in [5, 5.41) is 1.18. The zero-order valence-electron chi connectivity index (χ0n) is 28.4. The molecule has 1 saturated carbocycles. The zero-order chi connectivity index (χ0) is 33.5. The summed E-state index contributed by atoms with van der Waals surface area (Å²) in [6.07, 6.45) is 6.87. The standard InChI is InChI=1S/C44H46N2O3/c1-33-41-29-40(49-32-36-13-7-3-8-14-36)23-24-42(41)46(43(33)37-17-21-39(22-18-37)48-31-35-11-5-2-6-12-35)30-34-15-19-38(20-16-34)47-28-27-44(45)25-9-4-10-26-44/h2-3,5-8,11-24,29H,4,9-10,25-28,30-32,45H2,1H3. The van der Waals surface area contributed by atoms with Crippen molar-refractivity contribution in [1.82, 2.24) is 4.57 Å². The van der Waals surface area contributed by atoms with E-state index in [0.717, 1.165) is 59.7 Å². The maximum Gasteiger partial charge on any atom is 0.120 e. The molecule has 7 rings (SSSR count). The normalized spacial score (nSPS) is 14.1. The first-order valence-electron chi connectivity index (χ1n) is 17.6. The number of aryl methyl sites for hydroxylation is 1. The van der Waals surface area contributed by atoms with Crippen LogP contribution < -0.4 is 19.9 Å². The Hall–Kier alpha value is -5.00. The van der Waals surface area contributed by atoms with Crippen LogP contribution in [-0.4, -0.2) is 16.7 Å². The third-order valence-electron chi connectivity index (χ3n) is 9.89. The molecule has 0 amide bonds. The van der Waals surface area contributed by atoms with Crippen LogP contribution in [0.15, 0.2) is 127 Å². The summed E-state index contributed by atoms with van der Waals surface area (Å²) in [6.45, 7) is 4.66. The number of ether oxygens (including phenoxy) is 3. The lowest BCUT2D eigenvalue weighted by molar-refractivity contribution is 0.214. The highest BCUT2D eigenvalue weighted by atomic mass is 16.5. The molecule has 1 fully saturated rings. The Kier molecular flexibility index (Phi) is 9.99. The molecule has 0 atom stereocenters. The van der Waals surface area contributed by atoms with Crippen LogP contribution in [0.2, 0.25) is 0 Å². The number of aromatic nitrogens is 1. The molecular weight excluding hydrogens is 604 g/mol. The van der Waals surface area contributed by atoms with Crippen molar-refractivity contribution in [1.29, 1.82) is 0 Å². The summed E-state index contributed by atoms with van der Waals surface area (Å²) >= 11 is 0. The SMILES string of the molecule is Cc1c(-c2ccc(OCc3ccccc3)cc2)n(Cc2ccc(OCCC3(N)CCCCC3)cc2)c2ccc(OCc3ccccc3)cc12. The number of rotatable bonds is 13. The fourth-order valence-electron chi connectivity index (χ4n) is 7.07. The van der Waals surface area contributed by atoms with Crippen molar-refractivity contribution in [2.24, 2.45) is 5.73 Å². The third kappa shape index (κ3) is 8.01. The molecule has 5 heteroatoms. The van der Waals surface area contributed by atoms with Gasteiger partial charge in [-0.3, -0.25) is 0 Å². The van der Waals surface area contributed by atoms with Crippen LogP contribution in [0.5, 0.6) is 17.2 Å². The molecule has 0 radical (unpaired) electrons. The van der Waals surface area contributed by atoms with Gasteiger partial charge in [-0.1, -0.05) is 92.1 Å². The summed E-state index contributed by atoms with van der Waals surface area (Å²) in [4.78, 5) is 0. The van der Waals surface area contributed by atoms with Gasteiger partial charge in [0.25, 0.3) is 0 Å². The van der Waals surface area contributed by atoms with E-state index in [9.17, 15) is 0 Å². The van der Waals surface area contributed by atoms with Crippen molar-refractivity contribution in [2.45, 2.75) is 70.7 Å². The Morgan fingerprint density at radius 3 is 1.84 bits per heavy atom. The second kappa shape index (κ2) is 15.0. The Morgan fingerprint density at radius 1 is 0.612 bits per heavy atom.